The highest BCUT2D eigenvalue weighted by molar-refractivity contribution is 7.68. The monoisotopic (exact) mass is 660 g/mol. The van der Waals surface area contributed by atoms with Gasteiger partial charge in [-0.05, 0) is 58.6 Å². The van der Waals surface area contributed by atoms with Crippen molar-refractivity contribution < 1.29 is 19.1 Å². The quantitative estimate of drug-likeness (QED) is 0.146. The van der Waals surface area contributed by atoms with E-state index in [2.05, 4.69) is 133 Å². The number of ether oxygens (including phenoxy) is 2. The molecule has 0 amide bonds. The largest absolute Gasteiger partial charge is 0.426 e. The van der Waals surface area contributed by atoms with Gasteiger partial charge < -0.3 is 9.47 Å². The molecular formula is C42H36O4Si2. The van der Waals surface area contributed by atoms with Crippen LogP contribution in [0.15, 0.2) is 146 Å². The van der Waals surface area contributed by atoms with Gasteiger partial charge in [-0.2, -0.15) is 0 Å². The van der Waals surface area contributed by atoms with Gasteiger partial charge in [0, 0.05) is 13.8 Å². The number of benzene rings is 6. The first-order valence-corrected chi connectivity index (χ1v) is 21.2. The summed E-state index contributed by atoms with van der Waals surface area (Å²) in [5.41, 5.74) is 3.78. The molecule has 1 aliphatic heterocycles. The van der Waals surface area contributed by atoms with Crippen LogP contribution in [0, 0.1) is 13.8 Å². The summed E-state index contributed by atoms with van der Waals surface area (Å²) in [6.07, 6.45) is 0. The van der Waals surface area contributed by atoms with E-state index in [-0.39, 0.29) is 11.9 Å². The van der Waals surface area contributed by atoms with E-state index in [1.807, 2.05) is 26.0 Å². The van der Waals surface area contributed by atoms with Gasteiger partial charge in [-0.25, -0.2) is 0 Å². The number of hydrogen-bond acceptors (Lipinski definition) is 4. The third-order valence-electron chi connectivity index (χ3n) is 9.63. The van der Waals surface area contributed by atoms with E-state index in [4.69, 9.17) is 9.47 Å². The van der Waals surface area contributed by atoms with Gasteiger partial charge in [0.1, 0.15) is 11.5 Å². The van der Waals surface area contributed by atoms with Crippen LogP contribution in [0.4, 0.5) is 0 Å². The Morgan fingerprint density at radius 1 is 0.438 bits per heavy atom. The third kappa shape index (κ3) is 4.79. The van der Waals surface area contributed by atoms with Gasteiger partial charge >= 0.3 is 11.9 Å². The van der Waals surface area contributed by atoms with Gasteiger partial charge in [0.05, 0.1) is 0 Å². The second kappa shape index (κ2) is 12.4. The summed E-state index contributed by atoms with van der Waals surface area (Å²) in [4.78, 5) is 24.8. The van der Waals surface area contributed by atoms with E-state index in [0.717, 1.165) is 22.3 Å². The van der Waals surface area contributed by atoms with Gasteiger partial charge in [0.15, 0.2) is 15.2 Å². The molecule has 236 valence electrons. The Bertz CT molecular complexity index is 1910. The molecule has 0 bridgehead atoms. The molecule has 48 heavy (non-hydrogen) atoms. The average Bonchev–Trinajstić information content (AvgIpc) is 3.10. The van der Waals surface area contributed by atoms with Gasteiger partial charge in [-0.1, -0.05) is 154 Å². The van der Waals surface area contributed by atoms with E-state index >= 15 is 0 Å². The zero-order chi connectivity index (χ0) is 33.5. The zero-order valence-electron chi connectivity index (χ0n) is 27.5. The smallest absolute Gasteiger partial charge is 0.308 e. The normalized spacial score (nSPS) is 13.9. The van der Waals surface area contributed by atoms with E-state index in [9.17, 15) is 9.59 Å². The number of carbonyl (C=O) groups is 2. The SMILES string of the molecule is CC(=O)Oc1cc2c(cc1C)[Si](c1ccccc1)(c1ccccc1)[Si](c1ccccc1)(c1ccccc1)c1cc(C)c(OC(C)=O)cc1-2. The predicted octanol–water partition coefficient (Wildman–Crippen LogP) is 4.85. The zero-order valence-corrected chi connectivity index (χ0v) is 29.5. The van der Waals surface area contributed by atoms with Crippen molar-refractivity contribution in [2.24, 2.45) is 0 Å². The Labute approximate surface area is 283 Å². The van der Waals surface area contributed by atoms with Crippen LogP contribution < -0.4 is 40.6 Å². The maximum atomic E-state index is 12.4. The number of aryl methyl sites for hydroxylation is 2. The number of hydrogen-bond donors (Lipinski definition) is 0. The fourth-order valence-corrected chi connectivity index (χ4v) is 28.1. The minimum Gasteiger partial charge on any atom is -0.426 e. The molecule has 6 heteroatoms. The van der Waals surface area contributed by atoms with Gasteiger partial charge in [0.25, 0.3) is 0 Å². The lowest BCUT2D eigenvalue weighted by atomic mass is 10.0. The van der Waals surface area contributed by atoms with Gasteiger partial charge in [-0.15, -0.1) is 0 Å². The van der Waals surface area contributed by atoms with Gasteiger partial charge in [-0.3, -0.25) is 9.59 Å². The molecule has 0 N–H and O–H groups in total. The summed E-state index contributed by atoms with van der Waals surface area (Å²) in [6.45, 7) is 6.92. The number of carbonyl (C=O) groups excluding carboxylic acids is 2. The Kier molecular flexibility index (Phi) is 8.07. The maximum absolute atomic E-state index is 12.4. The number of rotatable bonds is 6. The lowest BCUT2D eigenvalue weighted by Gasteiger charge is -2.54. The van der Waals surface area contributed by atoms with Crippen molar-refractivity contribution >= 4 is 58.2 Å². The molecule has 0 aliphatic carbocycles. The Morgan fingerprint density at radius 3 is 0.958 bits per heavy atom. The van der Waals surface area contributed by atoms with Crippen LogP contribution in [-0.4, -0.2) is 27.1 Å². The maximum Gasteiger partial charge on any atom is 0.308 e. The van der Waals surface area contributed by atoms with Crippen molar-refractivity contribution in [3.63, 3.8) is 0 Å². The van der Waals surface area contributed by atoms with E-state index in [1.165, 1.54) is 45.0 Å². The van der Waals surface area contributed by atoms with Crippen molar-refractivity contribution in [3.05, 3.63) is 157 Å². The van der Waals surface area contributed by atoms with Crippen LogP contribution in [0.25, 0.3) is 11.1 Å². The summed E-state index contributed by atoms with van der Waals surface area (Å²) in [7, 11) is -6.29. The van der Waals surface area contributed by atoms with E-state index in [0.29, 0.717) is 11.5 Å². The summed E-state index contributed by atoms with van der Waals surface area (Å²) in [6, 6.07) is 52.8. The summed E-state index contributed by atoms with van der Waals surface area (Å²) in [5.74, 6) is 0.315. The van der Waals surface area contributed by atoms with Crippen molar-refractivity contribution in [3.8, 4) is 22.6 Å². The highest BCUT2D eigenvalue weighted by atomic mass is 29.3. The second-order valence-electron chi connectivity index (χ2n) is 12.5. The first-order chi connectivity index (χ1) is 23.3. The van der Waals surface area contributed by atoms with Gasteiger partial charge in [0.2, 0.25) is 0 Å². The number of esters is 2. The van der Waals surface area contributed by atoms with Crippen LogP contribution in [0.1, 0.15) is 25.0 Å². The topological polar surface area (TPSA) is 52.6 Å². The van der Waals surface area contributed by atoms with Crippen LogP contribution >= 0.6 is 0 Å². The molecule has 0 spiro atoms. The number of fused-ring (bicyclic) bond motifs is 3. The van der Waals surface area contributed by atoms with E-state index in [1.54, 1.807) is 0 Å². The summed E-state index contributed by atoms with van der Waals surface area (Å²) < 4.78 is 11.7. The fraction of sp³-hybridized carbons (Fsp3) is 0.0952. The minimum absolute atomic E-state index is 0.370. The van der Waals surface area contributed by atoms with Crippen LogP contribution in [0.5, 0.6) is 11.5 Å². The van der Waals surface area contributed by atoms with E-state index < -0.39 is 15.2 Å². The van der Waals surface area contributed by atoms with Crippen LogP contribution in [0.2, 0.25) is 0 Å². The van der Waals surface area contributed by atoms with Crippen molar-refractivity contribution in [1.29, 1.82) is 0 Å². The highest BCUT2D eigenvalue weighted by Gasteiger charge is 2.65. The highest BCUT2D eigenvalue weighted by Crippen LogP contribution is 2.38. The first kappa shape index (κ1) is 31.3. The molecule has 6 aromatic carbocycles. The lowest BCUT2D eigenvalue weighted by Crippen LogP contribution is -2.95. The molecule has 6 aromatic rings. The Hall–Kier alpha value is -5.31. The fourth-order valence-electron chi connectivity index (χ4n) is 7.95. The summed E-state index contributed by atoms with van der Waals surface area (Å²) in [5, 5.41) is 7.73. The van der Waals surface area contributed by atoms with Crippen LogP contribution in [-0.2, 0) is 9.59 Å². The molecule has 0 aromatic heterocycles. The van der Waals surface area contributed by atoms with Crippen molar-refractivity contribution in [2.75, 3.05) is 0 Å². The molecule has 1 aliphatic rings. The second-order valence-corrected chi connectivity index (χ2v) is 23.4. The molecule has 4 nitrogen and oxygen atoms in total. The lowest BCUT2D eigenvalue weighted by molar-refractivity contribution is -0.132. The Morgan fingerprint density at radius 2 is 0.708 bits per heavy atom. The minimum atomic E-state index is -3.14. The summed E-state index contributed by atoms with van der Waals surface area (Å²) >= 11 is 0. The molecule has 0 saturated carbocycles. The molecule has 0 atom stereocenters. The molecular weight excluding hydrogens is 625 g/mol. The van der Waals surface area contributed by atoms with Crippen molar-refractivity contribution in [1.82, 2.24) is 0 Å². The Balaban J connectivity index is 1.81. The molecule has 0 unspecified atom stereocenters. The average molecular weight is 661 g/mol. The molecule has 0 saturated heterocycles. The van der Waals surface area contributed by atoms with Crippen LogP contribution in [0.3, 0.4) is 0 Å². The van der Waals surface area contributed by atoms with Crippen molar-refractivity contribution in [2.45, 2.75) is 27.7 Å². The first-order valence-electron chi connectivity index (χ1n) is 16.2. The predicted molar refractivity (Wildman–Crippen MR) is 199 cm³/mol. The third-order valence-corrected chi connectivity index (χ3v) is 26.4. The molecule has 7 rings (SSSR count). The standard InChI is InChI=1S/C42H36O4Si2/c1-29-25-41-37(27-39(29)45-31(3)43)38-28-40(46-32(4)44)30(2)26-42(38)48(35-21-13-7-14-22-35,36-23-15-8-16-24-36)47(41,33-17-9-5-10-18-33)34-19-11-6-12-20-34/h5-28H,1-4H3. The molecule has 1 heterocycles. The molecule has 0 radical (unpaired) electrons. The molecule has 0 fully saturated rings.